The lowest BCUT2D eigenvalue weighted by atomic mass is 9.78. The van der Waals surface area contributed by atoms with E-state index in [0.717, 1.165) is 44.7 Å². The number of nitrogens with zero attached hydrogens (tertiary/aromatic N) is 2. The largest absolute Gasteiger partial charge is 0.228 e. The predicted octanol–water partition coefficient (Wildman–Crippen LogP) is 12.9. The SMILES string of the molecule is CC1(C)c2ccccc2-c2cccc(-c3cccc(-c4cc(-c5ccccc5)nc(-c5c6ccccc6cc6c5ccc5ccccc56)n4)c3)c21. The molecule has 0 radical (unpaired) electrons. The molecular formula is C49H34N2. The first-order chi connectivity index (χ1) is 25.0. The summed E-state index contributed by atoms with van der Waals surface area (Å²) in [6.07, 6.45) is 0. The molecule has 8 aromatic carbocycles. The molecule has 10 rings (SSSR count). The van der Waals surface area contributed by atoms with Crippen molar-refractivity contribution in [3.8, 4) is 56.2 Å². The number of aromatic nitrogens is 2. The van der Waals surface area contributed by atoms with Crippen LogP contribution in [0.1, 0.15) is 25.0 Å². The Morgan fingerprint density at radius 1 is 0.392 bits per heavy atom. The van der Waals surface area contributed by atoms with E-state index in [2.05, 4.69) is 184 Å². The van der Waals surface area contributed by atoms with Gasteiger partial charge < -0.3 is 0 Å². The summed E-state index contributed by atoms with van der Waals surface area (Å²) in [5.41, 5.74) is 12.8. The summed E-state index contributed by atoms with van der Waals surface area (Å²) in [4.78, 5) is 10.8. The van der Waals surface area contributed by atoms with Gasteiger partial charge in [0, 0.05) is 22.1 Å². The molecule has 2 heteroatoms. The molecule has 1 aliphatic carbocycles. The molecule has 0 spiro atoms. The van der Waals surface area contributed by atoms with E-state index in [4.69, 9.17) is 9.97 Å². The highest BCUT2D eigenvalue weighted by molar-refractivity contribution is 6.19. The molecular weight excluding hydrogens is 617 g/mol. The van der Waals surface area contributed by atoms with Gasteiger partial charge in [-0.05, 0) is 83.9 Å². The fourth-order valence-corrected chi connectivity index (χ4v) is 8.46. The minimum Gasteiger partial charge on any atom is -0.228 e. The van der Waals surface area contributed by atoms with Crippen molar-refractivity contribution in [3.63, 3.8) is 0 Å². The predicted molar refractivity (Wildman–Crippen MR) is 214 cm³/mol. The summed E-state index contributed by atoms with van der Waals surface area (Å²) in [7, 11) is 0. The van der Waals surface area contributed by atoms with Gasteiger partial charge in [0.2, 0.25) is 0 Å². The average Bonchev–Trinajstić information content (AvgIpc) is 3.43. The molecule has 0 amide bonds. The van der Waals surface area contributed by atoms with Crippen molar-refractivity contribution in [1.29, 1.82) is 0 Å². The van der Waals surface area contributed by atoms with E-state index in [1.54, 1.807) is 0 Å². The number of hydrogen-bond acceptors (Lipinski definition) is 2. The monoisotopic (exact) mass is 650 g/mol. The zero-order chi connectivity index (χ0) is 34.1. The smallest absolute Gasteiger partial charge is 0.161 e. The molecule has 0 saturated heterocycles. The van der Waals surface area contributed by atoms with E-state index in [1.807, 2.05) is 0 Å². The van der Waals surface area contributed by atoms with Crippen LogP contribution in [-0.4, -0.2) is 9.97 Å². The van der Waals surface area contributed by atoms with Gasteiger partial charge in [-0.3, -0.25) is 0 Å². The van der Waals surface area contributed by atoms with Gasteiger partial charge in [-0.1, -0.05) is 166 Å². The van der Waals surface area contributed by atoms with Crippen molar-refractivity contribution in [1.82, 2.24) is 9.97 Å². The fraction of sp³-hybridized carbons (Fsp3) is 0.0612. The molecule has 0 saturated carbocycles. The molecule has 1 heterocycles. The number of rotatable bonds is 4. The van der Waals surface area contributed by atoms with E-state index in [1.165, 1.54) is 54.9 Å². The number of fused-ring (bicyclic) bond motifs is 7. The topological polar surface area (TPSA) is 25.8 Å². The fourth-order valence-electron chi connectivity index (χ4n) is 8.46. The maximum atomic E-state index is 5.44. The van der Waals surface area contributed by atoms with Gasteiger partial charge in [-0.15, -0.1) is 0 Å². The third kappa shape index (κ3) is 4.64. The van der Waals surface area contributed by atoms with Gasteiger partial charge in [0.25, 0.3) is 0 Å². The number of benzene rings is 8. The van der Waals surface area contributed by atoms with Crippen LogP contribution in [0.2, 0.25) is 0 Å². The molecule has 0 unspecified atom stereocenters. The van der Waals surface area contributed by atoms with Crippen LogP contribution >= 0.6 is 0 Å². The summed E-state index contributed by atoms with van der Waals surface area (Å²) in [6.45, 7) is 4.71. The Balaban J connectivity index is 1.21. The molecule has 0 N–H and O–H groups in total. The van der Waals surface area contributed by atoms with Gasteiger partial charge in [-0.25, -0.2) is 9.97 Å². The third-order valence-electron chi connectivity index (χ3n) is 10.8. The summed E-state index contributed by atoms with van der Waals surface area (Å²) in [5.74, 6) is 0.728. The van der Waals surface area contributed by atoms with Gasteiger partial charge >= 0.3 is 0 Å². The Labute approximate surface area is 297 Å². The molecule has 9 aromatic rings. The summed E-state index contributed by atoms with van der Waals surface area (Å²) in [6, 6.07) is 61.2. The Bertz CT molecular complexity index is 2830. The summed E-state index contributed by atoms with van der Waals surface area (Å²) >= 11 is 0. The van der Waals surface area contributed by atoms with E-state index >= 15 is 0 Å². The maximum Gasteiger partial charge on any atom is 0.161 e. The molecule has 0 aliphatic heterocycles. The molecule has 2 nitrogen and oxygen atoms in total. The van der Waals surface area contributed by atoms with Gasteiger partial charge in [-0.2, -0.15) is 0 Å². The molecule has 0 fully saturated rings. The first-order valence-corrected chi connectivity index (χ1v) is 17.7. The molecule has 1 aromatic heterocycles. The van der Waals surface area contributed by atoms with E-state index in [0.29, 0.717) is 0 Å². The van der Waals surface area contributed by atoms with E-state index < -0.39 is 0 Å². The minimum atomic E-state index is -0.110. The highest BCUT2D eigenvalue weighted by atomic mass is 14.9. The van der Waals surface area contributed by atoms with Crippen LogP contribution in [0.25, 0.3) is 88.5 Å². The van der Waals surface area contributed by atoms with Crippen LogP contribution in [0.5, 0.6) is 0 Å². The second kappa shape index (κ2) is 11.3. The van der Waals surface area contributed by atoms with Gasteiger partial charge in [0.15, 0.2) is 5.82 Å². The quantitative estimate of drug-likeness (QED) is 0.140. The lowest BCUT2D eigenvalue weighted by Gasteiger charge is -2.24. The van der Waals surface area contributed by atoms with Crippen molar-refractivity contribution in [2.24, 2.45) is 0 Å². The number of hydrogen-bond donors (Lipinski definition) is 0. The summed E-state index contributed by atoms with van der Waals surface area (Å²) < 4.78 is 0. The van der Waals surface area contributed by atoms with Crippen molar-refractivity contribution >= 4 is 32.3 Å². The maximum absolute atomic E-state index is 5.44. The van der Waals surface area contributed by atoms with Crippen LogP contribution in [0.3, 0.4) is 0 Å². The van der Waals surface area contributed by atoms with E-state index in [9.17, 15) is 0 Å². The average molecular weight is 651 g/mol. The van der Waals surface area contributed by atoms with Gasteiger partial charge in [0.1, 0.15) is 0 Å². The first-order valence-electron chi connectivity index (χ1n) is 17.7. The first kappa shape index (κ1) is 29.5. The van der Waals surface area contributed by atoms with Crippen LogP contribution in [0, 0.1) is 0 Å². The second-order valence-electron chi connectivity index (χ2n) is 14.2. The van der Waals surface area contributed by atoms with Crippen LogP contribution in [0.15, 0.2) is 170 Å². The minimum absolute atomic E-state index is 0.110. The normalized spacial score (nSPS) is 13.1. The highest BCUT2D eigenvalue weighted by Gasteiger charge is 2.37. The molecule has 0 atom stereocenters. The second-order valence-corrected chi connectivity index (χ2v) is 14.2. The van der Waals surface area contributed by atoms with Crippen LogP contribution in [-0.2, 0) is 5.41 Å². The third-order valence-corrected chi connectivity index (χ3v) is 10.8. The zero-order valence-electron chi connectivity index (χ0n) is 28.6. The zero-order valence-corrected chi connectivity index (χ0v) is 28.6. The lowest BCUT2D eigenvalue weighted by molar-refractivity contribution is 0.662. The summed E-state index contributed by atoms with van der Waals surface area (Å²) in [5, 5.41) is 7.14. The molecule has 240 valence electrons. The Hall–Kier alpha value is -6.38. The van der Waals surface area contributed by atoms with Crippen molar-refractivity contribution < 1.29 is 0 Å². The molecule has 0 bridgehead atoms. The molecule has 51 heavy (non-hydrogen) atoms. The van der Waals surface area contributed by atoms with Crippen molar-refractivity contribution in [2.75, 3.05) is 0 Å². The van der Waals surface area contributed by atoms with Crippen LogP contribution in [0.4, 0.5) is 0 Å². The van der Waals surface area contributed by atoms with Crippen molar-refractivity contribution in [2.45, 2.75) is 19.3 Å². The Morgan fingerprint density at radius 3 is 1.88 bits per heavy atom. The highest BCUT2D eigenvalue weighted by Crippen LogP contribution is 2.52. The van der Waals surface area contributed by atoms with E-state index in [-0.39, 0.29) is 5.41 Å². The Kier molecular flexibility index (Phi) is 6.56. The molecule has 1 aliphatic rings. The standard InChI is InChI=1S/C49H34N2/c1-49(2)43-25-11-10-22-39(43)41-24-13-23-38(47(41)49)33-18-12-19-35(28-33)45-30-44(32-15-4-3-5-16-32)50-48(51-45)46-37-21-9-7-17-34(37)29-42-36-20-8-6-14-31(36)26-27-40(42)46/h3-30H,1-2H3. The van der Waals surface area contributed by atoms with Crippen LogP contribution < -0.4 is 0 Å². The lowest BCUT2D eigenvalue weighted by Crippen LogP contribution is -2.16. The van der Waals surface area contributed by atoms with Crippen molar-refractivity contribution in [3.05, 3.63) is 181 Å². The van der Waals surface area contributed by atoms with Gasteiger partial charge in [0.05, 0.1) is 11.4 Å². The Morgan fingerprint density at radius 2 is 1.02 bits per heavy atom.